The highest BCUT2D eigenvalue weighted by atomic mass is 32.1. The molecule has 1 aliphatic rings. The van der Waals surface area contributed by atoms with Crippen molar-refractivity contribution in [3.05, 3.63) is 17.1 Å². The summed E-state index contributed by atoms with van der Waals surface area (Å²) in [4.78, 5) is 11.1. The van der Waals surface area contributed by atoms with Crippen molar-refractivity contribution in [2.45, 2.75) is 19.0 Å². The van der Waals surface area contributed by atoms with Crippen LogP contribution in [0.4, 0.5) is 0 Å². The largest absolute Gasteiger partial charge is 0.353 e. The Morgan fingerprint density at radius 1 is 1.69 bits per heavy atom. The summed E-state index contributed by atoms with van der Waals surface area (Å²) >= 11 is 1.43. The second-order valence-corrected chi connectivity index (χ2v) is 3.80. The average molecular weight is 197 g/mol. The van der Waals surface area contributed by atoms with Gasteiger partial charge in [0.2, 0.25) is 5.91 Å². The summed E-state index contributed by atoms with van der Waals surface area (Å²) in [6, 6.07) is 0.102. The van der Waals surface area contributed by atoms with Gasteiger partial charge in [-0.25, -0.2) is 4.37 Å². The number of hydrogen-bond acceptors (Lipinski definition) is 4. The summed E-state index contributed by atoms with van der Waals surface area (Å²) in [5, 5.41) is 8.07. The van der Waals surface area contributed by atoms with E-state index in [1.807, 2.05) is 18.5 Å². The molecule has 5 heteroatoms. The van der Waals surface area contributed by atoms with Crippen molar-refractivity contribution in [1.82, 2.24) is 15.0 Å². The monoisotopic (exact) mass is 197 g/mol. The normalized spacial score (nSPS) is 28.5. The SMILES string of the molecule is CC1NC(c2cnsc2)CNC1=O. The van der Waals surface area contributed by atoms with E-state index in [1.54, 1.807) is 0 Å². The Morgan fingerprint density at radius 2 is 2.54 bits per heavy atom. The lowest BCUT2D eigenvalue weighted by Crippen LogP contribution is -2.52. The average Bonchev–Trinajstić information content (AvgIpc) is 2.62. The van der Waals surface area contributed by atoms with Gasteiger partial charge < -0.3 is 5.32 Å². The molecule has 13 heavy (non-hydrogen) atoms. The van der Waals surface area contributed by atoms with E-state index in [4.69, 9.17) is 0 Å². The summed E-state index contributed by atoms with van der Waals surface area (Å²) in [5.74, 6) is 0.0689. The standard InChI is InChI=1S/C8H11N3OS/c1-5-8(12)9-3-7(11-5)6-2-10-13-4-6/h2,4-5,7,11H,3H2,1H3,(H,9,12). The molecule has 0 aromatic carbocycles. The van der Waals surface area contributed by atoms with Crippen LogP contribution >= 0.6 is 11.5 Å². The lowest BCUT2D eigenvalue weighted by molar-refractivity contribution is -0.124. The highest BCUT2D eigenvalue weighted by Crippen LogP contribution is 2.16. The van der Waals surface area contributed by atoms with Gasteiger partial charge in [0.25, 0.3) is 0 Å². The van der Waals surface area contributed by atoms with Gasteiger partial charge in [0, 0.05) is 23.7 Å². The Hall–Kier alpha value is -0.940. The molecule has 0 aliphatic carbocycles. The lowest BCUT2D eigenvalue weighted by atomic mass is 10.1. The third kappa shape index (κ3) is 1.71. The van der Waals surface area contributed by atoms with Gasteiger partial charge in [-0.1, -0.05) is 0 Å². The first-order valence-corrected chi connectivity index (χ1v) is 5.04. The molecular formula is C8H11N3OS. The zero-order chi connectivity index (χ0) is 9.26. The second-order valence-electron chi connectivity index (χ2n) is 3.14. The molecule has 2 N–H and O–H groups in total. The van der Waals surface area contributed by atoms with Gasteiger partial charge in [-0.05, 0) is 18.5 Å². The van der Waals surface area contributed by atoms with Crippen LogP contribution in [0.2, 0.25) is 0 Å². The van der Waals surface area contributed by atoms with Crippen molar-refractivity contribution < 1.29 is 4.79 Å². The van der Waals surface area contributed by atoms with Gasteiger partial charge in [-0.15, -0.1) is 0 Å². The topological polar surface area (TPSA) is 54.0 Å². The molecule has 0 radical (unpaired) electrons. The zero-order valence-corrected chi connectivity index (χ0v) is 8.10. The molecule has 2 atom stereocenters. The van der Waals surface area contributed by atoms with E-state index in [1.165, 1.54) is 11.5 Å². The smallest absolute Gasteiger partial charge is 0.236 e. The molecule has 4 nitrogen and oxygen atoms in total. The van der Waals surface area contributed by atoms with E-state index in [0.717, 1.165) is 5.56 Å². The maximum Gasteiger partial charge on any atom is 0.236 e. The molecule has 2 rings (SSSR count). The van der Waals surface area contributed by atoms with Crippen LogP contribution in [0.1, 0.15) is 18.5 Å². The maximum absolute atomic E-state index is 11.1. The Balaban J connectivity index is 2.07. The van der Waals surface area contributed by atoms with E-state index in [9.17, 15) is 4.79 Å². The number of piperazine rings is 1. The molecule has 0 spiro atoms. The van der Waals surface area contributed by atoms with Gasteiger partial charge in [-0.2, -0.15) is 0 Å². The van der Waals surface area contributed by atoms with Crippen molar-refractivity contribution in [2.24, 2.45) is 0 Å². The number of hydrogen-bond donors (Lipinski definition) is 2. The predicted octanol–water partition coefficient (Wildman–Crippen LogP) is 0.292. The summed E-state index contributed by atoms with van der Waals surface area (Å²) < 4.78 is 4.03. The Bertz CT molecular complexity index is 298. The molecule has 0 bridgehead atoms. The molecule has 1 amide bonds. The van der Waals surface area contributed by atoms with E-state index < -0.39 is 0 Å². The molecule has 2 unspecified atom stereocenters. The molecule has 70 valence electrons. The Morgan fingerprint density at radius 3 is 3.15 bits per heavy atom. The molecule has 0 saturated carbocycles. The lowest BCUT2D eigenvalue weighted by Gasteiger charge is -2.28. The van der Waals surface area contributed by atoms with Crippen LogP contribution in [0, 0.1) is 0 Å². The summed E-state index contributed by atoms with van der Waals surface area (Å²) in [5.41, 5.74) is 1.15. The first-order valence-electron chi connectivity index (χ1n) is 4.20. The predicted molar refractivity (Wildman–Crippen MR) is 50.5 cm³/mol. The number of nitrogens with zero attached hydrogens (tertiary/aromatic N) is 1. The third-order valence-corrected chi connectivity index (χ3v) is 2.78. The first kappa shape index (κ1) is 8.65. The summed E-state index contributed by atoms with van der Waals surface area (Å²) in [6.45, 7) is 2.52. The molecule has 2 heterocycles. The van der Waals surface area contributed by atoms with E-state index >= 15 is 0 Å². The van der Waals surface area contributed by atoms with Crippen LogP contribution in [0.25, 0.3) is 0 Å². The minimum Gasteiger partial charge on any atom is -0.353 e. The van der Waals surface area contributed by atoms with Crippen LogP contribution in [-0.4, -0.2) is 22.9 Å². The minimum atomic E-state index is -0.112. The second kappa shape index (κ2) is 3.43. The zero-order valence-electron chi connectivity index (χ0n) is 7.28. The summed E-state index contributed by atoms with van der Waals surface area (Å²) in [6.07, 6.45) is 1.84. The quantitative estimate of drug-likeness (QED) is 0.680. The number of carbonyl (C=O) groups is 1. The van der Waals surface area contributed by atoms with E-state index in [-0.39, 0.29) is 18.0 Å². The Kier molecular flexibility index (Phi) is 2.28. The number of amides is 1. The van der Waals surface area contributed by atoms with Crippen molar-refractivity contribution in [3.63, 3.8) is 0 Å². The molecular weight excluding hydrogens is 186 g/mol. The highest BCUT2D eigenvalue weighted by Gasteiger charge is 2.25. The van der Waals surface area contributed by atoms with Crippen LogP contribution in [-0.2, 0) is 4.79 Å². The first-order chi connectivity index (χ1) is 6.27. The maximum atomic E-state index is 11.1. The van der Waals surface area contributed by atoms with Crippen molar-refractivity contribution >= 4 is 17.4 Å². The van der Waals surface area contributed by atoms with Crippen LogP contribution in [0.5, 0.6) is 0 Å². The van der Waals surface area contributed by atoms with Crippen molar-refractivity contribution in [2.75, 3.05) is 6.54 Å². The highest BCUT2D eigenvalue weighted by molar-refractivity contribution is 7.03. The summed E-state index contributed by atoms with van der Waals surface area (Å²) in [7, 11) is 0. The number of aromatic nitrogens is 1. The van der Waals surface area contributed by atoms with Crippen LogP contribution < -0.4 is 10.6 Å². The van der Waals surface area contributed by atoms with Gasteiger partial charge >= 0.3 is 0 Å². The van der Waals surface area contributed by atoms with Gasteiger partial charge in [-0.3, -0.25) is 10.1 Å². The fraction of sp³-hybridized carbons (Fsp3) is 0.500. The van der Waals surface area contributed by atoms with Gasteiger partial charge in [0.1, 0.15) is 0 Å². The van der Waals surface area contributed by atoms with Gasteiger partial charge in [0.15, 0.2) is 0 Å². The van der Waals surface area contributed by atoms with Crippen molar-refractivity contribution in [3.8, 4) is 0 Å². The number of rotatable bonds is 1. The molecule has 1 saturated heterocycles. The van der Waals surface area contributed by atoms with E-state index in [2.05, 4.69) is 15.0 Å². The van der Waals surface area contributed by atoms with Crippen molar-refractivity contribution in [1.29, 1.82) is 0 Å². The number of nitrogens with one attached hydrogen (secondary N) is 2. The van der Waals surface area contributed by atoms with E-state index in [0.29, 0.717) is 6.54 Å². The minimum absolute atomic E-state index is 0.0689. The molecule has 1 aliphatic heterocycles. The molecule has 1 aromatic heterocycles. The molecule has 1 fully saturated rings. The van der Waals surface area contributed by atoms with Crippen LogP contribution in [0.3, 0.4) is 0 Å². The van der Waals surface area contributed by atoms with Crippen LogP contribution in [0.15, 0.2) is 11.6 Å². The third-order valence-electron chi connectivity index (χ3n) is 2.18. The molecule has 1 aromatic rings. The number of carbonyl (C=O) groups excluding carboxylic acids is 1. The Labute approximate surface area is 80.5 Å². The fourth-order valence-electron chi connectivity index (χ4n) is 1.39. The van der Waals surface area contributed by atoms with Gasteiger partial charge in [0.05, 0.1) is 12.1 Å². The fourth-order valence-corrected chi connectivity index (χ4v) is 1.98.